The highest BCUT2D eigenvalue weighted by atomic mass is 16.1. The molecule has 0 spiro atoms. The maximum Gasteiger partial charge on any atom is 0.229 e. The van der Waals surface area contributed by atoms with Crippen molar-refractivity contribution in [2.75, 3.05) is 5.32 Å². The molecule has 1 aliphatic rings. The van der Waals surface area contributed by atoms with Gasteiger partial charge in [-0.05, 0) is 29.2 Å². The summed E-state index contributed by atoms with van der Waals surface area (Å²) in [5.41, 5.74) is 2.23. The van der Waals surface area contributed by atoms with Gasteiger partial charge in [0.1, 0.15) is 0 Å². The van der Waals surface area contributed by atoms with E-state index in [1.54, 1.807) is 0 Å². The molecule has 0 unspecified atom stereocenters. The first kappa shape index (κ1) is 14.0. The Labute approximate surface area is 135 Å². The quantitative estimate of drug-likeness (QED) is 0.800. The third kappa shape index (κ3) is 2.97. The Balaban J connectivity index is 1.47. The predicted molar refractivity (Wildman–Crippen MR) is 91.5 cm³/mol. The number of nitrogens with zero attached hydrogens (tertiary/aromatic N) is 2. The molecule has 23 heavy (non-hydrogen) atoms. The van der Waals surface area contributed by atoms with E-state index in [1.165, 1.54) is 23.9 Å². The summed E-state index contributed by atoms with van der Waals surface area (Å²) in [6.07, 6.45) is 2.81. The first-order valence-corrected chi connectivity index (χ1v) is 8.00. The summed E-state index contributed by atoms with van der Waals surface area (Å²) in [5.74, 6) is 1.25. The summed E-state index contributed by atoms with van der Waals surface area (Å²) < 4.78 is 1.88. The maximum atomic E-state index is 12.3. The van der Waals surface area contributed by atoms with Gasteiger partial charge < -0.3 is 5.32 Å². The van der Waals surface area contributed by atoms with Gasteiger partial charge in [-0.25, -0.2) is 0 Å². The number of rotatable bonds is 4. The van der Waals surface area contributed by atoms with Crippen LogP contribution in [-0.2, 0) is 18.3 Å². The van der Waals surface area contributed by atoms with Gasteiger partial charge in [-0.3, -0.25) is 9.48 Å². The summed E-state index contributed by atoms with van der Waals surface area (Å²) >= 11 is 0. The van der Waals surface area contributed by atoms with Gasteiger partial charge in [0, 0.05) is 24.7 Å². The highest BCUT2D eigenvalue weighted by molar-refractivity contribution is 5.92. The number of hydrogen-bond acceptors (Lipinski definition) is 2. The number of carbonyl (C=O) groups is 1. The molecule has 3 aromatic rings. The molecule has 4 heteroatoms. The number of hydrogen-bond donors (Lipinski definition) is 1. The minimum absolute atomic E-state index is 0.0271. The molecule has 1 N–H and O–H groups in total. The van der Waals surface area contributed by atoms with Crippen molar-refractivity contribution in [3.05, 3.63) is 59.8 Å². The van der Waals surface area contributed by atoms with Crippen LogP contribution >= 0.6 is 0 Å². The van der Waals surface area contributed by atoms with Crippen LogP contribution in [0.4, 0.5) is 5.82 Å². The Hall–Kier alpha value is -2.62. The predicted octanol–water partition coefficient (Wildman–Crippen LogP) is 3.63. The molecule has 2 aromatic carbocycles. The Bertz CT molecular complexity index is 877. The van der Waals surface area contributed by atoms with Gasteiger partial charge in [0.05, 0.1) is 6.42 Å². The number of nitrogens with one attached hydrogen (secondary N) is 1. The fraction of sp³-hybridized carbons (Fsp3) is 0.263. The zero-order chi connectivity index (χ0) is 15.8. The molecule has 1 saturated carbocycles. The Kier molecular flexibility index (Phi) is 3.37. The molecule has 1 heterocycles. The number of aromatic nitrogens is 2. The average molecular weight is 305 g/mol. The summed E-state index contributed by atoms with van der Waals surface area (Å²) in [6.45, 7) is 0. The number of carbonyl (C=O) groups excluding carboxylic acids is 1. The number of anilines is 1. The summed E-state index contributed by atoms with van der Waals surface area (Å²) in [7, 11) is 1.94. The van der Waals surface area contributed by atoms with Gasteiger partial charge in [0.15, 0.2) is 5.82 Å². The maximum absolute atomic E-state index is 12.3. The molecule has 0 aliphatic heterocycles. The minimum Gasteiger partial charge on any atom is -0.309 e. The summed E-state index contributed by atoms with van der Waals surface area (Å²) in [5, 5.41) is 9.65. The van der Waals surface area contributed by atoms with E-state index >= 15 is 0 Å². The van der Waals surface area contributed by atoms with E-state index < -0.39 is 0 Å². The van der Waals surface area contributed by atoms with Gasteiger partial charge in [0.2, 0.25) is 5.91 Å². The average Bonchev–Trinajstić information content (AvgIpc) is 3.31. The number of benzene rings is 2. The highest BCUT2D eigenvalue weighted by Crippen LogP contribution is 2.40. The molecule has 1 amide bonds. The van der Waals surface area contributed by atoms with Crippen LogP contribution < -0.4 is 5.32 Å². The second-order valence-corrected chi connectivity index (χ2v) is 6.26. The molecule has 0 bridgehead atoms. The van der Waals surface area contributed by atoms with Gasteiger partial charge >= 0.3 is 0 Å². The number of fused-ring (bicyclic) bond motifs is 1. The Morgan fingerprint density at radius 1 is 1.17 bits per heavy atom. The van der Waals surface area contributed by atoms with Crippen LogP contribution in [0.25, 0.3) is 10.8 Å². The summed E-state index contributed by atoms with van der Waals surface area (Å²) in [6, 6.07) is 16.3. The second-order valence-electron chi connectivity index (χ2n) is 6.26. The molecule has 116 valence electrons. The molecular weight excluding hydrogens is 286 g/mol. The summed E-state index contributed by atoms with van der Waals surface area (Å²) in [4.78, 5) is 12.3. The van der Waals surface area contributed by atoms with Crippen LogP contribution in [0.3, 0.4) is 0 Å². The van der Waals surface area contributed by atoms with E-state index in [2.05, 4.69) is 34.7 Å². The molecule has 1 fully saturated rings. The Morgan fingerprint density at radius 2 is 1.96 bits per heavy atom. The zero-order valence-electron chi connectivity index (χ0n) is 13.1. The molecule has 0 saturated heterocycles. The molecule has 4 rings (SSSR count). The lowest BCUT2D eigenvalue weighted by Crippen LogP contribution is -2.14. The smallest absolute Gasteiger partial charge is 0.229 e. The van der Waals surface area contributed by atoms with Crippen molar-refractivity contribution in [1.29, 1.82) is 0 Å². The van der Waals surface area contributed by atoms with E-state index in [-0.39, 0.29) is 5.91 Å². The van der Waals surface area contributed by atoms with E-state index in [0.717, 1.165) is 10.9 Å². The van der Waals surface area contributed by atoms with Crippen molar-refractivity contribution in [2.45, 2.75) is 25.2 Å². The standard InChI is InChI=1S/C19H19N3O/c1-22-17(15-8-9-15)12-18(21-22)20-19(23)11-13-6-7-14-4-2-3-5-16(14)10-13/h2-7,10,12,15H,8-9,11H2,1H3,(H,20,21,23). The lowest BCUT2D eigenvalue weighted by molar-refractivity contribution is -0.115. The van der Waals surface area contributed by atoms with Gasteiger partial charge in [-0.15, -0.1) is 0 Å². The van der Waals surface area contributed by atoms with Gasteiger partial charge in [-0.2, -0.15) is 5.10 Å². The third-order valence-corrected chi connectivity index (χ3v) is 4.36. The first-order valence-electron chi connectivity index (χ1n) is 8.00. The lowest BCUT2D eigenvalue weighted by Gasteiger charge is -2.04. The highest BCUT2D eigenvalue weighted by Gasteiger charge is 2.27. The molecule has 0 radical (unpaired) electrons. The van der Waals surface area contributed by atoms with Crippen molar-refractivity contribution in [2.24, 2.45) is 7.05 Å². The molecule has 1 aliphatic carbocycles. The Morgan fingerprint density at radius 3 is 2.74 bits per heavy atom. The van der Waals surface area contributed by atoms with Gasteiger partial charge in [0.25, 0.3) is 0 Å². The van der Waals surface area contributed by atoms with E-state index in [9.17, 15) is 4.79 Å². The molecule has 4 nitrogen and oxygen atoms in total. The third-order valence-electron chi connectivity index (χ3n) is 4.36. The van der Waals surface area contributed by atoms with Crippen molar-refractivity contribution in [3.8, 4) is 0 Å². The van der Waals surface area contributed by atoms with Crippen molar-refractivity contribution in [1.82, 2.24) is 9.78 Å². The van der Waals surface area contributed by atoms with E-state index in [4.69, 9.17) is 0 Å². The fourth-order valence-electron chi connectivity index (χ4n) is 3.03. The van der Waals surface area contributed by atoms with Crippen LogP contribution in [0.1, 0.15) is 30.0 Å². The first-order chi connectivity index (χ1) is 11.2. The normalized spacial score (nSPS) is 14.1. The van der Waals surface area contributed by atoms with Crippen molar-refractivity contribution < 1.29 is 4.79 Å². The minimum atomic E-state index is -0.0271. The van der Waals surface area contributed by atoms with E-state index in [1.807, 2.05) is 36.0 Å². The molecule has 0 atom stereocenters. The zero-order valence-corrected chi connectivity index (χ0v) is 13.1. The van der Waals surface area contributed by atoms with Crippen molar-refractivity contribution in [3.63, 3.8) is 0 Å². The van der Waals surface area contributed by atoms with Crippen LogP contribution in [0.2, 0.25) is 0 Å². The van der Waals surface area contributed by atoms with Crippen LogP contribution in [-0.4, -0.2) is 15.7 Å². The van der Waals surface area contributed by atoms with E-state index in [0.29, 0.717) is 18.2 Å². The number of amides is 1. The monoisotopic (exact) mass is 305 g/mol. The van der Waals surface area contributed by atoms with Gasteiger partial charge in [-0.1, -0.05) is 42.5 Å². The van der Waals surface area contributed by atoms with Crippen molar-refractivity contribution >= 4 is 22.5 Å². The van der Waals surface area contributed by atoms with Crippen LogP contribution in [0, 0.1) is 0 Å². The number of aryl methyl sites for hydroxylation is 1. The fourth-order valence-corrected chi connectivity index (χ4v) is 3.03. The second kappa shape index (κ2) is 5.54. The SMILES string of the molecule is Cn1nc(NC(=O)Cc2ccc3ccccc3c2)cc1C1CC1. The molecule has 1 aromatic heterocycles. The van der Waals surface area contributed by atoms with Crippen LogP contribution in [0.15, 0.2) is 48.5 Å². The largest absolute Gasteiger partial charge is 0.309 e. The molecular formula is C19H19N3O. The topological polar surface area (TPSA) is 46.9 Å². The lowest BCUT2D eigenvalue weighted by atomic mass is 10.0. The van der Waals surface area contributed by atoms with Crippen LogP contribution in [0.5, 0.6) is 0 Å².